The van der Waals surface area contributed by atoms with E-state index in [1.54, 1.807) is 0 Å². The first-order valence-corrected chi connectivity index (χ1v) is 6.06. The molecule has 0 amide bonds. The fraction of sp³-hybridized carbons (Fsp3) is 0.273. The van der Waals surface area contributed by atoms with Crippen LogP contribution in [0.5, 0.6) is 0 Å². The van der Waals surface area contributed by atoms with Crippen molar-refractivity contribution in [2.75, 3.05) is 23.8 Å². The van der Waals surface area contributed by atoms with Crippen molar-refractivity contribution in [2.45, 2.75) is 6.54 Å². The molecule has 2 aromatic rings. The molecule has 90 valence electrons. The Labute approximate surface area is 104 Å². The van der Waals surface area contributed by atoms with E-state index in [1.165, 1.54) is 11.5 Å². The van der Waals surface area contributed by atoms with Crippen LogP contribution < -0.4 is 10.6 Å². The summed E-state index contributed by atoms with van der Waals surface area (Å²) in [5.41, 5.74) is 6.67. The first-order chi connectivity index (χ1) is 8.29. The lowest BCUT2D eigenvalue weighted by atomic mass is 10.2. The molecule has 5 nitrogen and oxygen atoms in total. The summed E-state index contributed by atoms with van der Waals surface area (Å²) in [5, 5.41) is 9.80. The maximum atomic E-state index is 9.07. The van der Waals surface area contributed by atoms with Gasteiger partial charge in [-0.3, -0.25) is 0 Å². The van der Waals surface area contributed by atoms with Crippen LogP contribution in [0.2, 0.25) is 0 Å². The molecular weight excluding hydrogens is 236 g/mol. The summed E-state index contributed by atoms with van der Waals surface area (Å²) in [6.07, 6.45) is 0. The smallest absolute Gasteiger partial charge is 0.233 e. The third kappa shape index (κ3) is 3.15. The Morgan fingerprint density at radius 3 is 2.65 bits per heavy atom. The Kier molecular flexibility index (Phi) is 3.89. The number of aliphatic hydroxyl groups is 1. The minimum absolute atomic E-state index is 0.0757. The van der Waals surface area contributed by atoms with Crippen LogP contribution in [0.15, 0.2) is 30.3 Å². The fourth-order valence-electron chi connectivity index (χ4n) is 1.52. The van der Waals surface area contributed by atoms with Gasteiger partial charge in [0.15, 0.2) is 0 Å². The zero-order valence-corrected chi connectivity index (χ0v) is 10.1. The highest BCUT2D eigenvalue weighted by Crippen LogP contribution is 2.20. The van der Waals surface area contributed by atoms with Gasteiger partial charge in [-0.1, -0.05) is 30.3 Å². The van der Waals surface area contributed by atoms with Crippen molar-refractivity contribution < 1.29 is 5.11 Å². The Morgan fingerprint density at radius 1 is 1.29 bits per heavy atom. The van der Waals surface area contributed by atoms with Crippen LogP contribution in [-0.2, 0) is 6.54 Å². The van der Waals surface area contributed by atoms with Crippen molar-refractivity contribution >= 4 is 22.6 Å². The van der Waals surface area contributed by atoms with Gasteiger partial charge in [-0.2, -0.15) is 9.36 Å². The maximum Gasteiger partial charge on any atom is 0.233 e. The molecule has 0 bridgehead atoms. The molecule has 17 heavy (non-hydrogen) atoms. The highest BCUT2D eigenvalue weighted by atomic mass is 32.1. The van der Waals surface area contributed by atoms with E-state index in [0.717, 1.165) is 10.7 Å². The molecule has 0 saturated heterocycles. The minimum Gasteiger partial charge on any atom is -0.395 e. The third-order valence-electron chi connectivity index (χ3n) is 2.29. The van der Waals surface area contributed by atoms with Gasteiger partial charge in [-0.15, -0.1) is 0 Å². The second-order valence-corrected chi connectivity index (χ2v) is 4.30. The average Bonchev–Trinajstić information content (AvgIpc) is 2.77. The van der Waals surface area contributed by atoms with Gasteiger partial charge in [0.25, 0.3) is 0 Å². The van der Waals surface area contributed by atoms with Crippen LogP contribution in [0.25, 0.3) is 0 Å². The van der Waals surface area contributed by atoms with E-state index in [-0.39, 0.29) is 12.6 Å². The van der Waals surface area contributed by atoms with Crippen LogP contribution in [-0.4, -0.2) is 27.6 Å². The van der Waals surface area contributed by atoms with E-state index in [9.17, 15) is 0 Å². The van der Waals surface area contributed by atoms with E-state index < -0.39 is 0 Å². The number of anilines is 2. The molecule has 0 atom stereocenters. The second-order valence-electron chi connectivity index (χ2n) is 3.57. The summed E-state index contributed by atoms with van der Waals surface area (Å²) in [4.78, 5) is 6.09. The second kappa shape index (κ2) is 5.60. The van der Waals surface area contributed by atoms with Gasteiger partial charge < -0.3 is 15.7 Å². The third-order valence-corrected chi connectivity index (χ3v) is 3.08. The number of hydrogen-bond acceptors (Lipinski definition) is 6. The zero-order chi connectivity index (χ0) is 12.1. The monoisotopic (exact) mass is 250 g/mol. The normalized spacial score (nSPS) is 10.4. The summed E-state index contributed by atoms with van der Waals surface area (Å²) in [6.45, 7) is 1.28. The van der Waals surface area contributed by atoms with Crippen LogP contribution in [0, 0.1) is 0 Å². The predicted octanol–water partition coefficient (Wildman–Crippen LogP) is 1.12. The molecule has 1 aromatic heterocycles. The highest BCUT2D eigenvalue weighted by molar-refractivity contribution is 7.09. The zero-order valence-electron chi connectivity index (χ0n) is 9.28. The maximum absolute atomic E-state index is 9.07. The summed E-state index contributed by atoms with van der Waals surface area (Å²) in [5.74, 6) is 0.279. The minimum atomic E-state index is 0.0757. The Bertz CT molecular complexity index is 460. The summed E-state index contributed by atoms with van der Waals surface area (Å²) in [7, 11) is 0. The van der Waals surface area contributed by atoms with E-state index in [1.807, 2.05) is 35.2 Å². The molecule has 1 aromatic carbocycles. The standard InChI is InChI=1S/C11H14N4OS/c12-10-13-11(17-14-10)15(6-7-16)8-9-4-2-1-3-5-9/h1-5,16H,6-8H2,(H2,12,14). The van der Waals surface area contributed by atoms with Gasteiger partial charge in [0, 0.05) is 24.6 Å². The molecule has 0 aliphatic heterocycles. The lowest BCUT2D eigenvalue weighted by Crippen LogP contribution is -2.25. The van der Waals surface area contributed by atoms with Gasteiger partial charge in [0.2, 0.25) is 11.1 Å². The van der Waals surface area contributed by atoms with Crippen LogP contribution in [0.3, 0.4) is 0 Å². The number of rotatable bonds is 5. The van der Waals surface area contributed by atoms with Crippen molar-refractivity contribution in [3.05, 3.63) is 35.9 Å². The Balaban J connectivity index is 2.13. The molecule has 0 aliphatic carbocycles. The molecule has 1 heterocycles. The lowest BCUT2D eigenvalue weighted by Gasteiger charge is -2.20. The van der Waals surface area contributed by atoms with Gasteiger partial charge in [-0.25, -0.2) is 0 Å². The molecular formula is C11H14N4OS. The first-order valence-electron chi connectivity index (χ1n) is 5.28. The first kappa shape index (κ1) is 11.8. The Hall–Kier alpha value is -1.66. The van der Waals surface area contributed by atoms with Crippen molar-refractivity contribution in [1.29, 1.82) is 0 Å². The highest BCUT2D eigenvalue weighted by Gasteiger charge is 2.11. The molecule has 0 fully saturated rings. The van der Waals surface area contributed by atoms with Gasteiger partial charge in [0.05, 0.1) is 6.61 Å². The predicted molar refractivity (Wildman–Crippen MR) is 68.9 cm³/mol. The van der Waals surface area contributed by atoms with Crippen LogP contribution in [0.4, 0.5) is 11.1 Å². The van der Waals surface area contributed by atoms with Gasteiger partial charge in [-0.05, 0) is 5.56 Å². The van der Waals surface area contributed by atoms with Crippen molar-refractivity contribution in [3.8, 4) is 0 Å². The summed E-state index contributed by atoms with van der Waals surface area (Å²) in [6, 6.07) is 10.0. The molecule has 0 spiro atoms. The number of nitrogens with zero attached hydrogens (tertiary/aromatic N) is 3. The molecule has 0 aliphatic rings. The number of nitrogen functional groups attached to an aromatic ring is 1. The van der Waals surface area contributed by atoms with E-state index >= 15 is 0 Å². The Morgan fingerprint density at radius 2 is 2.06 bits per heavy atom. The molecule has 6 heteroatoms. The van der Waals surface area contributed by atoms with E-state index in [2.05, 4.69) is 9.36 Å². The molecule has 0 unspecified atom stereocenters. The van der Waals surface area contributed by atoms with Crippen molar-refractivity contribution in [3.63, 3.8) is 0 Å². The summed E-state index contributed by atoms with van der Waals surface area (Å²) < 4.78 is 3.95. The van der Waals surface area contributed by atoms with Crippen molar-refractivity contribution in [2.24, 2.45) is 0 Å². The number of aromatic nitrogens is 2. The molecule has 3 N–H and O–H groups in total. The number of aliphatic hydroxyl groups excluding tert-OH is 1. The molecule has 0 radical (unpaired) electrons. The van der Waals surface area contributed by atoms with Gasteiger partial charge in [0.1, 0.15) is 0 Å². The van der Waals surface area contributed by atoms with Crippen LogP contribution in [0.1, 0.15) is 5.56 Å². The topological polar surface area (TPSA) is 75.3 Å². The largest absolute Gasteiger partial charge is 0.395 e. The molecule has 2 rings (SSSR count). The molecule has 0 saturated carbocycles. The number of hydrogen-bond donors (Lipinski definition) is 2. The average molecular weight is 250 g/mol. The summed E-state index contributed by atoms with van der Waals surface area (Å²) >= 11 is 1.25. The quantitative estimate of drug-likeness (QED) is 0.831. The van der Waals surface area contributed by atoms with E-state index in [4.69, 9.17) is 10.8 Å². The number of benzene rings is 1. The number of nitrogens with two attached hydrogens (primary N) is 1. The van der Waals surface area contributed by atoms with Gasteiger partial charge >= 0.3 is 0 Å². The van der Waals surface area contributed by atoms with Crippen LogP contribution >= 0.6 is 11.5 Å². The lowest BCUT2D eigenvalue weighted by molar-refractivity contribution is 0.301. The fourth-order valence-corrected chi connectivity index (χ4v) is 2.14. The SMILES string of the molecule is Nc1nsc(N(CCO)Cc2ccccc2)n1. The van der Waals surface area contributed by atoms with E-state index in [0.29, 0.717) is 13.1 Å². The van der Waals surface area contributed by atoms with Crippen molar-refractivity contribution in [1.82, 2.24) is 9.36 Å².